The molecule has 2 aromatic rings. The van der Waals surface area contributed by atoms with E-state index in [0.717, 1.165) is 12.0 Å². The SMILES string of the molecule is O=C(OCCc1ccccc1)C(Br)c1ccccc1. The van der Waals surface area contributed by atoms with E-state index in [-0.39, 0.29) is 5.97 Å². The molecule has 0 aliphatic carbocycles. The molecule has 0 aromatic heterocycles. The molecule has 2 rings (SSSR count). The highest BCUT2D eigenvalue weighted by Crippen LogP contribution is 2.23. The van der Waals surface area contributed by atoms with E-state index in [9.17, 15) is 4.79 Å². The lowest BCUT2D eigenvalue weighted by Crippen LogP contribution is -2.13. The van der Waals surface area contributed by atoms with Crippen LogP contribution in [-0.2, 0) is 16.0 Å². The summed E-state index contributed by atoms with van der Waals surface area (Å²) in [5.41, 5.74) is 2.08. The standard InChI is InChI=1S/C16H15BrO2/c17-15(14-9-5-2-6-10-14)16(18)19-12-11-13-7-3-1-4-8-13/h1-10,15H,11-12H2. The Bertz CT molecular complexity index is 511. The smallest absolute Gasteiger partial charge is 0.324 e. The minimum Gasteiger partial charge on any atom is -0.464 e. The van der Waals surface area contributed by atoms with Crippen LogP contribution < -0.4 is 0 Å². The number of rotatable bonds is 5. The summed E-state index contributed by atoms with van der Waals surface area (Å²) in [7, 11) is 0. The van der Waals surface area contributed by atoms with Crippen molar-refractivity contribution in [2.75, 3.05) is 6.61 Å². The highest BCUT2D eigenvalue weighted by atomic mass is 79.9. The average molecular weight is 319 g/mol. The number of hydrogen-bond acceptors (Lipinski definition) is 2. The Morgan fingerprint density at radius 2 is 1.58 bits per heavy atom. The van der Waals surface area contributed by atoms with Crippen molar-refractivity contribution in [1.29, 1.82) is 0 Å². The fourth-order valence-corrected chi connectivity index (χ4v) is 2.18. The van der Waals surface area contributed by atoms with Crippen molar-refractivity contribution in [2.45, 2.75) is 11.2 Å². The third-order valence-electron chi connectivity index (χ3n) is 2.78. The summed E-state index contributed by atoms with van der Waals surface area (Å²) in [5.74, 6) is -0.248. The molecule has 3 heteroatoms. The Kier molecular flexibility index (Phi) is 5.16. The van der Waals surface area contributed by atoms with Crippen LogP contribution in [0.1, 0.15) is 16.0 Å². The van der Waals surface area contributed by atoms with Crippen molar-refractivity contribution in [1.82, 2.24) is 0 Å². The summed E-state index contributed by atoms with van der Waals surface area (Å²) in [4.78, 5) is 11.5. The molecule has 0 amide bonds. The monoisotopic (exact) mass is 318 g/mol. The lowest BCUT2D eigenvalue weighted by Gasteiger charge is -2.10. The van der Waals surface area contributed by atoms with Gasteiger partial charge in [-0.2, -0.15) is 0 Å². The van der Waals surface area contributed by atoms with Crippen molar-refractivity contribution in [3.05, 3.63) is 71.8 Å². The van der Waals surface area contributed by atoms with Crippen molar-refractivity contribution in [3.63, 3.8) is 0 Å². The Morgan fingerprint density at radius 1 is 1.00 bits per heavy atom. The molecule has 98 valence electrons. The van der Waals surface area contributed by atoms with Gasteiger partial charge in [-0.1, -0.05) is 76.6 Å². The van der Waals surface area contributed by atoms with Gasteiger partial charge >= 0.3 is 5.97 Å². The van der Waals surface area contributed by atoms with Gasteiger partial charge in [0.25, 0.3) is 0 Å². The minimum absolute atomic E-state index is 0.248. The Labute approximate surface area is 121 Å². The van der Waals surface area contributed by atoms with Gasteiger partial charge in [0.1, 0.15) is 4.83 Å². The molecular formula is C16H15BrO2. The molecule has 0 bridgehead atoms. The van der Waals surface area contributed by atoms with Crippen LogP contribution in [0.2, 0.25) is 0 Å². The molecule has 0 spiro atoms. The maximum absolute atomic E-state index is 11.9. The predicted molar refractivity (Wildman–Crippen MR) is 79.2 cm³/mol. The van der Waals surface area contributed by atoms with E-state index in [1.54, 1.807) is 0 Å². The topological polar surface area (TPSA) is 26.3 Å². The van der Waals surface area contributed by atoms with Gasteiger partial charge in [0.15, 0.2) is 0 Å². The quantitative estimate of drug-likeness (QED) is 0.617. The second-order valence-corrected chi connectivity index (χ2v) is 5.09. The molecule has 1 unspecified atom stereocenters. The molecular weight excluding hydrogens is 304 g/mol. The molecule has 0 saturated heterocycles. The summed E-state index contributed by atoms with van der Waals surface area (Å²) in [6.07, 6.45) is 0.737. The average Bonchev–Trinajstić information content (AvgIpc) is 2.48. The minimum atomic E-state index is -0.399. The molecule has 0 heterocycles. The third kappa shape index (κ3) is 4.21. The van der Waals surface area contributed by atoms with Crippen LogP contribution in [0, 0.1) is 0 Å². The van der Waals surface area contributed by atoms with E-state index in [2.05, 4.69) is 15.9 Å². The van der Waals surface area contributed by atoms with Crippen molar-refractivity contribution < 1.29 is 9.53 Å². The molecule has 0 aliphatic heterocycles. The van der Waals surface area contributed by atoms with E-state index in [0.29, 0.717) is 6.61 Å². The maximum Gasteiger partial charge on any atom is 0.324 e. The largest absolute Gasteiger partial charge is 0.464 e. The van der Waals surface area contributed by atoms with Crippen LogP contribution in [0.25, 0.3) is 0 Å². The van der Waals surface area contributed by atoms with Crippen LogP contribution in [0.4, 0.5) is 0 Å². The molecule has 0 fully saturated rings. The number of ether oxygens (including phenoxy) is 1. The molecule has 1 atom stereocenters. The summed E-state index contributed by atoms with van der Waals surface area (Å²) < 4.78 is 5.28. The predicted octanol–water partition coefficient (Wildman–Crippen LogP) is 3.91. The first-order chi connectivity index (χ1) is 9.27. The number of carbonyl (C=O) groups excluding carboxylic acids is 1. The highest BCUT2D eigenvalue weighted by Gasteiger charge is 2.17. The number of hydrogen-bond donors (Lipinski definition) is 0. The van der Waals surface area contributed by atoms with Crippen LogP contribution >= 0.6 is 15.9 Å². The normalized spacial score (nSPS) is 11.8. The Morgan fingerprint density at radius 3 is 2.21 bits per heavy atom. The van der Waals surface area contributed by atoms with E-state index in [1.807, 2.05) is 60.7 Å². The summed E-state index contributed by atoms with van der Waals surface area (Å²) in [6.45, 7) is 0.401. The molecule has 19 heavy (non-hydrogen) atoms. The van der Waals surface area contributed by atoms with Gasteiger partial charge in [0, 0.05) is 6.42 Å². The zero-order valence-corrected chi connectivity index (χ0v) is 12.0. The summed E-state index contributed by atoms with van der Waals surface area (Å²) >= 11 is 3.36. The molecule has 0 aliphatic rings. The summed E-state index contributed by atoms with van der Waals surface area (Å²) in [5, 5.41) is 0. The van der Waals surface area contributed by atoms with Gasteiger partial charge in [-0.25, -0.2) is 0 Å². The third-order valence-corrected chi connectivity index (χ3v) is 3.68. The number of alkyl halides is 1. The second-order valence-electron chi connectivity index (χ2n) is 4.18. The first-order valence-corrected chi connectivity index (χ1v) is 7.08. The van der Waals surface area contributed by atoms with Crippen LogP contribution in [-0.4, -0.2) is 12.6 Å². The van der Waals surface area contributed by atoms with Gasteiger partial charge in [-0.3, -0.25) is 4.79 Å². The highest BCUT2D eigenvalue weighted by molar-refractivity contribution is 9.09. The van der Waals surface area contributed by atoms with Crippen LogP contribution in [0.3, 0.4) is 0 Å². The number of halogens is 1. The Hall–Kier alpha value is -1.61. The molecule has 2 nitrogen and oxygen atoms in total. The fraction of sp³-hybridized carbons (Fsp3) is 0.188. The molecule has 0 saturated carbocycles. The maximum atomic E-state index is 11.9. The first-order valence-electron chi connectivity index (χ1n) is 6.17. The zero-order valence-electron chi connectivity index (χ0n) is 10.5. The van der Waals surface area contributed by atoms with Crippen LogP contribution in [0.5, 0.6) is 0 Å². The van der Waals surface area contributed by atoms with Crippen molar-refractivity contribution in [2.24, 2.45) is 0 Å². The van der Waals surface area contributed by atoms with E-state index in [1.165, 1.54) is 5.56 Å². The van der Waals surface area contributed by atoms with Crippen molar-refractivity contribution in [3.8, 4) is 0 Å². The molecule has 0 N–H and O–H groups in total. The lowest BCUT2D eigenvalue weighted by atomic mass is 10.1. The first kappa shape index (κ1) is 13.8. The molecule has 0 radical (unpaired) electrons. The van der Waals surface area contributed by atoms with Gasteiger partial charge in [0.05, 0.1) is 6.61 Å². The van der Waals surface area contributed by atoms with Gasteiger partial charge < -0.3 is 4.74 Å². The number of esters is 1. The van der Waals surface area contributed by atoms with Crippen molar-refractivity contribution >= 4 is 21.9 Å². The molecule has 2 aromatic carbocycles. The van der Waals surface area contributed by atoms with Gasteiger partial charge in [-0.05, 0) is 11.1 Å². The number of carbonyl (C=O) groups is 1. The van der Waals surface area contributed by atoms with E-state index >= 15 is 0 Å². The van der Waals surface area contributed by atoms with E-state index in [4.69, 9.17) is 4.74 Å². The second kappa shape index (κ2) is 7.10. The van der Waals surface area contributed by atoms with Gasteiger partial charge in [0.2, 0.25) is 0 Å². The number of benzene rings is 2. The fourth-order valence-electron chi connectivity index (χ4n) is 1.75. The zero-order chi connectivity index (χ0) is 13.5. The Balaban J connectivity index is 1.82. The summed E-state index contributed by atoms with van der Waals surface area (Å²) in [6, 6.07) is 19.5. The van der Waals surface area contributed by atoms with E-state index < -0.39 is 4.83 Å². The van der Waals surface area contributed by atoms with Gasteiger partial charge in [-0.15, -0.1) is 0 Å². The lowest BCUT2D eigenvalue weighted by molar-refractivity contribution is -0.142. The van der Waals surface area contributed by atoms with Crippen LogP contribution in [0.15, 0.2) is 60.7 Å².